The number of nitrogens with zero attached hydrogens (tertiary/aromatic N) is 2. The minimum atomic E-state index is 0.181. The van der Waals surface area contributed by atoms with Crippen molar-refractivity contribution in [1.82, 2.24) is 9.88 Å². The molecule has 0 unspecified atom stereocenters. The Morgan fingerprint density at radius 1 is 1.19 bits per heavy atom. The first kappa shape index (κ1) is 14.3. The molecule has 1 amide bonds. The average molecular weight is 284 g/mol. The average Bonchev–Trinajstić information content (AvgIpc) is 3.33. The summed E-state index contributed by atoms with van der Waals surface area (Å²) in [6, 6.07) is 4.82. The second kappa shape index (κ2) is 6.42. The lowest BCUT2D eigenvalue weighted by atomic mass is 9.86. The van der Waals surface area contributed by atoms with Crippen LogP contribution in [0.3, 0.4) is 0 Å². The Hall–Kier alpha value is -1.64. The highest BCUT2D eigenvalue weighted by atomic mass is 16.2. The van der Waals surface area contributed by atoms with E-state index in [2.05, 4.69) is 16.8 Å². The molecule has 112 valence electrons. The summed E-state index contributed by atoms with van der Waals surface area (Å²) in [5, 5.41) is 0. The number of rotatable bonds is 4. The highest BCUT2D eigenvalue weighted by Gasteiger charge is 2.37. The Bertz CT molecular complexity index is 499. The molecule has 0 saturated heterocycles. The van der Waals surface area contributed by atoms with Gasteiger partial charge in [-0.15, -0.1) is 0 Å². The second-order valence-electron chi connectivity index (χ2n) is 6.51. The van der Waals surface area contributed by atoms with Crippen LogP contribution in [0.25, 0.3) is 6.08 Å². The first-order valence-corrected chi connectivity index (χ1v) is 8.14. The second-order valence-corrected chi connectivity index (χ2v) is 6.51. The van der Waals surface area contributed by atoms with E-state index in [1.54, 1.807) is 18.5 Å². The Morgan fingerprint density at radius 3 is 2.43 bits per heavy atom. The van der Waals surface area contributed by atoms with Crippen LogP contribution in [-0.2, 0) is 4.79 Å². The molecule has 0 atom stereocenters. The van der Waals surface area contributed by atoms with Gasteiger partial charge in [0.2, 0.25) is 5.91 Å². The van der Waals surface area contributed by atoms with Crippen LogP contribution < -0.4 is 0 Å². The van der Waals surface area contributed by atoms with E-state index in [0.29, 0.717) is 12.1 Å². The van der Waals surface area contributed by atoms with Gasteiger partial charge in [-0.2, -0.15) is 0 Å². The molecule has 0 N–H and O–H groups in total. The van der Waals surface area contributed by atoms with E-state index in [0.717, 1.165) is 11.5 Å². The molecule has 2 saturated carbocycles. The number of pyridine rings is 1. The standard InChI is InChI=1S/C18H24N2O/c1-14-4-7-16(8-5-14)20(17-9-10-17)18(21)11-6-15-3-2-12-19-13-15/h2-3,6,11-14,16-17H,4-5,7-10H2,1H3/b11-6+. The Balaban J connectivity index is 1.66. The molecule has 0 bridgehead atoms. The highest BCUT2D eigenvalue weighted by molar-refractivity contribution is 5.92. The van der Waals surface area contributed by atoms with E-state index in [1.807, 2.05) is 18.2 Å². The molecule has 0 aliphatic heterocycles. The third-order valence-electron chi connectivity index (χ3n) is 4.68. The minimum Gasteiger partial charge on any atom is -0.333 e. The first-order chi connectivity index (χ1) is 10.2. The normalized spacial score (nSPS) is 26.0. The Kier molecular flexibility index (Phi) is 4.37. The van der Waals surface area contributed by atoms with Crippen molar-refractivity contribution in [3.63, 3.8) is 0 Å². The number of amides is 1. The summed E-state index contributed by atoms with van der Waals surface area (Å²) in [7, 11) is 0. The molecule has 0 spiro atoms. The molecule has 2 aliphatic rings. The fourth-order valence-electron chi connectivity index (χ4n) is 3.26. The van der Waals surface area contributed by atoms with Crippen molar-refractivity contribution < 1.29 is 4.79 Å². The summed E-state index contributed by atoms with van der Waals surface area (Å²) in [5.74, 6) is 1.00. The van der Waals surface area contributed by atoms with Crippen molar-refractivity contribution in [2.45, 2.75) is 57.5 Å². The molecular weight excluding hydrogens is 260 g/mol. The van der Waals surface area contributed by atoms with Gasteiger partial charge < -0.3 is 4.90 Å². The lowest BCUT2D eigenvalue weighted by molar-refractivity contribution is -0.129. The van der Waals surface area contributed by atoms with Crippen molar-refractivity contribution >= 4 is 12.0 Å². The number of hydrogen-bond donors (Lipinski definition) is 0. The van der Waals surface area contributed by atoms with E-state index < -0.39 is 0 Å². The quantitative estimate of drug-likeness (QED) is 0.790. The van der Waals surface area contributed by atoms with Crippen LogP contribution in [0, 0.1) is 5.92 Å². The fourth-order valence-corrected chi connectivity index (χ4v) is 3.26. The van der Waals surface area contributed by atoms with E-state index in [-0.39, 0.29) is 5.91 Å². The topological polar surface area (TPSA) is 33.2 Å². The van der Waals surface area contributed by atoms with Crippen LogP contribution in [0.5, 0.6) is 0 Å². The lowest BCUT2D eigenvalue weighted by Gasteiger charge is -2.36. The third-order valence-corrected chi connectivity index (χ3v) is 4.68. The summed E-state index contributed by atoms with van der Waals surface area (Å²) >= 11 is 0. The lowest BCUT2D eigenvalue weighted by Crippen LogP contribution is -2.42. The zero-order valence-electron chi connectivity index (χ0n) is 12.7. The van der Waals surface area contributed by atoms with E-state index >= 15 is 0 Å². The van der Waals surface area contributed by atoms with Gasteiger partial charge in [0.25, 0.3) is 0 Å². The van der Waals surface area contributed by atoms with Gasteiger partial charge in [-0.25, -0.2) is 0 Å². The van der Waals surface area contributed by atoms with Gasteiger partial charge in [0.1, 0.15) is 0 Å². The van der Waals surface area contributed by atoms with Gasteiger partial charge in [-0.1, -0.05) is 13.0 Å². The van der Waals surface area contributed by atoms with Crippen molar-refractivity contribution in [3.8, 4) is 0 Å². The van der Waals surface area contributed by atoms with Crippen molar-refractivity contribution in [1.29, 1.82) is 0 Å². The molecule has 1 heterocycles. The number of hydrogen-bond acceptors (Lipinski definition) is 2. The van der Waals surface area contributed by atoms with Crippen LogP contribution in [0.2, 0.25) is 0 Å². The predicted octanol–water partition coefficient (Wildman–Crippen LogP) is 3.66. The van der Waals surface area contributed by atoms with Crippen molar-refractivity contribution in [3.05, 3.63) is 36.2 Å². The minimum absolute atomic E-state index is 0.181. The monoisotopic (exact) mass is 284 g/mol. The molecule has 0 aromatic carbocycles. The highest BCUT2D eigenvalue weighted by Crippen LogP contribution is 2.35. The van der Waals surface area contributed by atoms with Gasteiger partial charge in [0.15, 0.2) is 0 Å². The first-order valence-electron chi connectivity index (χ1n) is 8.14. The van der Waals surface area contributed by atoms with Crippen LogP contribution in [0.15, 0.2) is 30.6 Å². The van der Waals surface area contributed by atoms with Crippen LogP contribution in [-0.4, -0.2) is 27.9 Å². The van der Waals surface area contributed by atoms with E-state index in [4.69, 9.17) is 0 Å². The Labute approximate surface area is 127 Å². The summed E-state index contributed by atoms with van der Waals surface area (Å²) in [4.78, 5) is 18.8. The van der Waals surface area contributed by atoms with Crippen LogP contribution >= 0.6 is 0 Å². The maximum atomic E-state index is 12.6. The molecule has 3 heteroatoms. The molecule has 3 nitrogen and oxygen atoms in total. The van der Waals surface area contributed by atoms with Crippen molar-refractivity contribution in [2.24, 2.45) is 5.92 Å². The molecule has 2 fully saturated rings. The number of carbonyl (C=O) groups is 1. The van der Waals surface area contributed by atoms with Gasteiger partial charge in [-0.05, 0) is 62.1 Å². The van der Waals surface area contributed by atoms with Crippen LogP contribution in [0.1, 0.15) is 51.0 Å². The molecular formula is C18H24N2O. The molecule has 1 aromatic heterocycles. The van der Waals surface area contributed by atoms with Crippen molar-refractivity contribution in [2.75, 3.05) is 0 Å². The van der Waals surface area contributed by atoms with Crippen LogP contribution in [0.4, 0.5) is 0 Å². The summed E-state index contributed by atoms with van der Waals surface area (Å²) in [6.45, 7) is 2.32. The summed E-state index contributed by atoms with van der Waals surface area (Å²) in [6.07, 6.45) is 14.4. The summed E-state index contributed by atoms with van der Waals surface area (Å²) in [5.41, 5.74) is 0.985. The predicted molar refractivity (Wildman–Crippen MR) is 84.6 cm³/mol. The van der Waals surface area contributed by atoms with Gasteiger partial charge in [-0.3, -0.25) is 9.78 Å². The summed E-state index contributed by atoms with van der Waals surface area (Å²) < 4.78 is 0. The molecule has 1 aromatic rings. The fraction of sp³-hybridized carbons (Fsp3) is 0.556. The van der Waals surface area contributed by atoms with Gasteiger partial charge in [0.05, 0.1) is 0 Å². The zero-order valence-corrected chi connectivity index (χ0v) is 12.7. The largest absolute Gasteiger partial charge is 0.333 e. The molecule has 2 aliphatic carbocycles. The van der Waals surface area contributed by atoms with E-state index in [9.17, 15) is 4.79 Å². The zero-order chi connectivity index (χ0) is 14.7. The van der Waals surface area contributed by atoms with Gasteiger partial charge in [0, 0.05) is 30.6 Å². The van der Waals surface area contributed by atoms with E-state index in [1.165, 1.54) is 38.5 Å². The number of carbonyl (C=O) groups excluding carboxylic acids is 1. The smallest absolute Gasteiger partial charge is 0.247 e. The SMILES string of the molecule is CC1CCC(N(C(=O)/C=C/c2cccnc2)C2CC2)CC1. The number of aromatic nitrogens is 1. The molecule has 0 radical (unpaired) electrons. The third kappa shape index (κ3) is 3.72. The maximum Gasteiger partial charge on any atom is 0.247 e. The maximum absolute atomic E-state index is 12.6. The van der Waals surface area contributed by atoms with Gasteiger partial charge >= 0.3 is 0 Å². The Morgan fingerprint density at radius 2 is 1.86 bits per heavy atom. The molecule has 3 rings (SSSR count). The molecule has 21 heavy (non-hydrogen) atoms.